The molecule has 20 heavy (non-hydrogen) atoms. The maximum absolute atomic E-state index is 5.74. The van der Waals surface area contributed by atoms with E-state index in [0.717, 1.165) is 37.9 Å². The molecule has 1 aromatic heterocycles. The summed E-state index contributed by atoms with van der Waals surface area (Å²) in [6, 6.07) is 0.365. The topological polar surface area (TPSA) is 53.2 Å². The second kappa shape index (κ2) is 6.24. The summed E-state index contributed by atoms with van der Waals surface area (Å²) in [5.74, 6) is 0.775. The molecule has 2 aliphatic rings. The van der Waals surface area contributed by atoms with Crippen LogP contribution in [0.15, 0.2) is 0 Å². The molecule has 5 nitrogen and oxygen atoms in total. The second-order valence-corrected chi connectivity index (χ2v) is 6.15. The molecule has 2 atom stereocenters. The van der Waals surface area contributed by atoms with E-state index in [-0.39, 0.29) is 0 Å². The standard InChI is InChI=1S/C15H26N4O/c1-11-15(12(2)18-17-11)14-10-20-7-6-19(14)9-13-4-3-5-16-8-13/h13-14,16H,3-10H2,1-2H3,(H,17,18). The molecule has 112 valence electrons. The molecule has 0 saturated carbocycles. The molecule has 3 rings (SSSR count). The fraction of sp³-hybridized carbons (Fsp3) is 0.800. The van der Waals surface area contributed by atoms with E-state index in [9.17, 15) is 0 Å². The van der Waals surface area contributed by atoms with Crippen LogP contribution in [0.25, 0.3) is 0 Å². The van der Waals surface area contributed by atoms with Gasteiger partial charge in [-0.3, -0.25) is 10.00 Å². The second-order valence-electron chi connectivity index (χ2n) is 6.15. The highest BCUT2D eigenvalue weighted by Crippen LogP contribution is 2.29. The lowest BCUT2D eigenvalue weighted by atomic mass is 9.96. The van der Waals surface area contributed by atoms with Crippen LogP contribution >= 0.6 is 0 Å². The van der Waals surface area contributed by atoms with Gasteiger partial charge in [0.1, 0.15) is 0 Å². The zero-order chi connectivity index (χ0) is 13.9. The van der Waals surface area contributed by atoms with Crippen molar-refractivity contribution in [1.82, 2.24) is 20.4 Å². The minimum Gasteiger partial charge on any atom is -0.378 e. The Labute approximate surface area is 121 Å². The summed E-state index contributed by atoms with van der Waals surface area (Å²) < 4.78 is 5.74. The molecule has 1 aromatic rings. The zero-order valence-electron chi connectivity index (χ0n) is 12.6. The van der Waals surface area contributed by atoms with Gasteiger partial charge in [0, 0.05) is 24.3 Å². The molecular weight excluding hydrogens is 252 g/mol. The van der Waals surface area contributed by atoms with Gasteiger partial charge in [0.2, 0.25) is 0 Å². The first-order valence-corrected chi connectivity index (χ1v) is 7.79. The summed E-state index contributed by atoms with van der Waals surface area (Å²) in [6.45, 7) is 10.4. The van der Waals surface area contributed by atoms with Crippen LogP contribution in [0.1, 0.15) is 35.8 Å². The van der Waals surface area contributed by atoms with E-state index >= 15 is 0 Å². The molecule has 2 aliphatic heterocycles. The van der Waals surface area contributed by atoms with Gasteiger partial charge in [0.15, 0.2) is 0 Å². The molecule has 2 fully saturated rings. The minimum atomic E-state index is 0.365. The molecule has 0 aromatic carbocycles. The lowest BCUT2D eigenvalue weighted by Gasteiger charge is -2.39. The fourth-order valence-corrected chi connectivity index (χ4v) is 3.58. The molecule has 2 saturated heterocycles. The highest BCUT2D eigenvalue weighted by atomic mass is 16.5. The highest BCUT2D eigenvalue weighted by molar-refractivity contribution is 5.27. The number of nitrogens with one attached hydrogen (secondary N) is 2. The predicted molar refractivity (Wildman–Crippen MR) is 78.8 cm³/mol. The van der Waals surface area contributed by atoms with E-state index in [1.54, 1.807) is 0 Å². The van der Waals surface area contributed by atoms with Crippen LogP contribution in [-0.2, 0) is 4.74 Å². The summed E-state index contributed by atoms with van der Waals surface area (Å²) in [5, 5.41) is 11.0. The van der Waals surface area contributed by atoms with Crippen molar-refractivity contribution in [2.24, 2.45) is 5.92 Å². The summed E-state index contributed by atoms with van der Waals surface area (Å²) in [6.07, 6.45) is 2.66. The maximum atomic E-state index is 5.74. The van der Waals surface area contributed by atoms with Gasteiger partial charge in [-0.2, -0.15) is 5.10 Å². The molecule has 0 bridgehead atoms. The minimum absolute atomic E-state index is 0.365. The van der Waals surface area contributed by atoms with Gasteiger partial charge >= 0.3 is 0 Å². The number of nitrogens with zero attached hydrogens (tertiary/aromatic N) is 2. The quantitative estimate of drug-likeness (QED) is 0.877. The average Bonchev–Trinajstić information content (AvgIpc) is 2.80. The van der Waals surface area contributed by atoms with Gasteiger partial charge in [0.05, 0.1) is 24.9 Å². The number of aromatic nitrogens is 2. The Morgan fingerprint density at radius 1 is 1.40 bits per heavy atom. The van der Waals surface area contributed by atoms with E-state index in [4.69, 9.17) is 4.74 Å². The molecule has 0 aliphatic carbocycles. The number of aromatic amines is 1. The van der Waals surface area contributed by atoms with E-state index in [1.165, 1.54) is 37.2 Å². The van der Waals surface area contributed by atoms with E-state index in [1.807, 2.05) is 0 Å². The third-order valence-electron chi connectivity index (χ3n) is 4.65. The van der Waals surface area contributed by atoms with Gasteiger partial charge < -0.3 is 10.1 Å². The molecular formula is C15H26N4O. The van der Waals surface area contributed by atoms with Crippen LogP contribution in [0.3, 0.4) is 0 Å². The Kier molecular flexibility index (Phi) is 4.38. The highest BCUT2D eigenvalue weighted by Gasteiger charge is 2.30. The molecule has 0 spiro atoms. The summed E-state index contributed by atoms with van der Waals surface area (Å²) in [5.41, 5.74) is 3.64. The SMILES string of the molecule is Cc1n[nH]c(C)c1C1COCCN1CC1CCCNC1. The number of morpholine rings is 1. The molecule has 5 heteroatoms. The largest absolute Gasteiger partial charge is 0.378 e. The first-order valence-electron chi connectivity index (χ1n) is 7.79. The fourth-order valence-electron chi connectivity index (χ4n) is 3.58. The van der Waals surface area contributed by atoms with Crippen LogP contribution in [0.5, 0.6) is 0 Å². The monoisotopic (exact) mass is 278 g/mol. The van der Waals surface area contributed by atoms with Crippen molar-refractivity contribution >= 4 is 0 Å². The summed E-state index contributed by atoms with van der Waals surface area (Å²) in [4.78, 5) is 2.60. The van der Waals surface area contributed by atoms with Crippen LogP contribution in [0.2, 0.25) is 0 Å². The van der Waals surface area contributed by atoms with Crippen LogP contribution in [0, 0.1) is 19.8 Å². The third-order valence-corrected chi connectivity index (χ3v) is 4.65. The average molecular weight is 278 g/mol. The van der Waals surface area contributed by atoms with Crippen molar-refractivity contribution in [2.75, 3.05) is 39.4 Å². The Morgan fingerprint density at radius 3 is 3.00 bits per heavy atom. The van der Waals surface area contributed by atoms with Gasteiger partial charge in [-0.05, 0) is 45.7 Å². The summed E-state index contributed by atoms with van der Waals surface area (Å²) in [7, 11) is 0. The lowest BCUT2D eigenvalue weighted by molar-refractivity contribution is -0.0172. The van der Waals surface area contributed by atoms with E-state index < -0.39 is 0 Å². The Morgan fingerprint density at radius 2 is 2.30 bits per heavy atom. The molecule has 2 N–H and O–H groups in total. The summed E-state index contributed by atoms with van der Waals surface area (Å²) >= 11 is 0. The van der Waals surface area contributed by atoms with E-state index in [0.29, 0.717) is 6.04 Å². The van der Waals surface area contributed by atoms with Crippen LogP contribution in [0.4, 0.5) is 0 Å². The van der Waals surface area contributed by atoms with Crippen molar-refractivity contribution < 1.29 is 4.74 Å². The van der Waals surface area contributed by atoms with E-state index in [2.05, 4.69) is 34.3 Å². The van der Waals surface area contributed by atoms with Crippen LogP contribution < -0.4 is 5.32 Å². The molecule has 3 heterocycles. The molecule has 2 unspecified atom stereocenters. The normalized spacial score (nSPS) is 28.7. The smallest absolute Gasteiger partial charge is 0.0665 e. The van der Waals surface area contributed by atoms with Gasteiger partial charge in [-0.25, -0.2) is 0 Å². The number of ether oxygens (including phenoxy) is 1. The number of H-pyrrole nitrogens is 1. The predicted octanol–water partition coefficient (Wildman–Crippen LogP) is 1.40. The molecule has 0 radical (unpaired) electrons. The molecule has 0 amide bonds. The van der Waals surface area contributed by atoms with Gasteiger partial charge in [0.25, 0.3) is 0 Å². The first-order chi connectivity index (χ1) is 9.75. The zero-order valence-corrected chi connectivity index (χ0v) is 12.6. The Hall–Kier alpha value is -0.910. The van der Waals surface area contributed by atoms with Gasteiger partial charge in [-0.1, -0.05) is 0 Å². The number of rotatable bonds is 3. The number of hydrogen-bond acceptors (Lipinski definition) is 4. The van der Waals surface area contributed by atoms with Crippen LogP contribution in [-0.4, -0.2) is 54.5 Å². The number of hydrogen-bond donors (Lipinski definition) is 2. The number of aryl methyl sites for hydroxylation is 2. The Bertz CT molecular complexity index is 420. The third kappa shape index (κ3) is 2.90. The van der Waals surface area contributed by atoms with Gasteiger partial charge in [-0.15, -0.1) is 0 Å². The Balaban J connectivity index is 1.73. The lowest BCUT2D eigenvalue weighted by Crippen LogP contribution is -2.45. The maximum Gasteiger partial charge on any atom is 0.0665 e. The van der Waals surface area contributed by atoms with Crippen molar-refractivity contribution in [3.05, 3.63) is 17.0 Å². The van der Waals surface area contributed by atoms with Crippen molar-refractivity contribution in [1.29, 1.82) is 0 Å². The van der Waals surface area contributed by atoms with Crippen molar-refractivity contribution in [2.45, 2.75) is 32.7 Å². The first kappa shape index (κ1) is 14.0. The number of piperidine rings is 1. The van der Waals surface area contributed by atoms with Crippen molar-refractivity contribution in [3.63, 3.8) is 0 Å². The van der Waals surface area contributed by atoms with Crippen molar-refractivity contribution in [3.8, 4) is 0 Å².